The van der Waals surface area contributed by atoms with Gasteiger partial charge in [-0.15, -0.1) is 0 Å². The van der Waals surface area contributed by atoms with Crippen LogP contribution in [-0.4, -0.2) is 44.1 Å². The minimum atomic E-state index is -3.67. The summed E-state index contributed by atoms with van der Waals surface area (Å²) in [6.07, 6.45) is -0.157. The van der Waals surface area contributed by atoms with E-state index in [2.05, 4.69) is 0 Å². The Kier molecular flexibility index (Phi) is 3.47. The van der Waals surface area contributed by atoms with Gasteiger partial charge in [-0.05, 0) is 24.6 Å². The molecule has 100 valence electrons. The number of benzene rings is 1. The summed E-state index contributed by atoms with van der Waals surface area (Å²) in [5.41, 5.74) is 5.97. The Hall–Kier alpha value is -1.31. The molecule has 0 bridgehead atoms. The number of β-amino-alcohol motifs (C(OH)–C–C–N with tert-alkyl or cyclic N) is 1. The fraction of sp³-hybridized carbons (Fsp3) is 0.455. The molecule has 1 saturated heterocycles. The zero-order chi connectivity index (χ0) is 13.3. The van der Waals surface area contributed by atoms with E-state index >= 15 is 0 Å². The SMILES string of the molecule is COc1ccc(N)cc1S(=O)(=O)N1CC[C@@H](O)C1. The highest BCUT2D eigenvalue weighted by Crippen LogP contribution is 2.30. The second-order valence-corrected chi connectivity index (χ2v) is 6.12. The van der Waals surface area contributed by atoms with E-state index in [-0.39, 0.29) is 17.2 Å². The summed E-state index contributed by atoms with van der Waals surface area (Å²) in [4.78, 5) is 0.0408. The van der Waals surface area contributed by atoms with Crippen LogP contribution < -0.4 is 10.5 Å². The Morgan fingerprint density at radius 1 is 1.50 bits per heavy atom. The van der Waals surface area contributed by atoms with E-state index in [1.165, 1.54) is 23.5 Å². The Bertz CT molecular complexity index is 544. The fourth-order valence-corrected chi connectivity index (χ4v) is 3.65. The number of sulfonamides is 1. The van der Waals surface area contributed by atoms with E-state index in [0.717, 1.165) is 0 Å². The molecule has 1 aliphatic rings. The van der Waals surface area contributed by atoms with Crippen LogP contribution >= 0.6 is 0 Å². The largest absolute Gasteiger partial charge is 0.495 e. The number of hydrogen-bond donors (Lipinski definition) is 2. The van der Waals surface area contributed by atoms with Crippen molar-refractivity contribution in [3.63, 3.8) is 0 Å². The van der Waals surface area contributed by atoms with Crippen LogP contribution in [0.15, 0.2) is 23.1 Å². The van der Waals surface area contributed by atoms with E-state index in [4.69, 9.17) is 10.5 Å². The molecule has 18 heavy (non-hydrogen) atoms. The highest BCUT2D eigenvalue weighted by molar-refractivity contribution is 7.89. The van der Waals surface area contributed by atoms with Gasteiger partial charge in [0, 0.05) is 18.8 Å². The lowest BCUT2D eigenvalue weighted by atomic mass is 10.3. The van der Waals surface area contributed by atoms with E-state index < -0.39 is 16.1 Å². The normalized spacial score (nSPS) is 21.1. The number of rotatable bonds is 3. The number of ether oxygens (including phenoxy) is 1. The van der Waals surface area contributed by atoms with Crippen molar-refractivity contribution in [1.82, 2.24) is 4.31 Å². The predicted molar refractivity (Wildman–Crippen MR) is 66.8 cm³/mol. The molecule has 0 aliphatic carbocycles. The first-order valence-electron chi connectivity index (χ1n) is 5.57. The maximum absolute atomic E-state index is 12.4. The zero-order valence-electron chi connectivity index (χ0n) is 10.0. The first kappa shape index (κ1) is 13.1. The number of hydrogen-bond acceptors (Lipinski definition) is 5. The minimum Gasteiger partial charge on any atom is -0.495 e. The van der Waals surface area contributed by atoms with Crippen LogP contribution in [0.25, 0.3) is 0 Å². The summed E-state index contributed by atoms with van der Waals surface area (Å²) in [5, 5.41) is 9.43. The van der Waals surface area contributed by atoms with Crippen molar-refractivity contribution >= 4 is 15.7 Å². The minimum absolute atomic E-state index is 0.0408. The number of methoxy groups -OCH3 is 1. The van der Waals surface area contributed by atoms with Crippen molar-refractivity contribution in [2.45, 2.75) is 17.4 Å². The lowest BCUT2D eigenvalue weighted by molar-refractivity contribution is 0.189. The molecule has 0 spiro atoms. The van der Waals surface area contributed by atoms with Crippen LogP contribution in [0, 0.1) is 0 Å². The summed E-state index contributed by atoms with van der Waals surface area (Å²) in [7, 11) is -2.26. The van der Waals surface area contributed by atoms with Gasteiger partial charge in [-0.3, -0.25) is 0 Å². The van der Waals surface area contributed by atoms with Crippen molar-refractivity contribution in [1.29, 1.82) is 0 Å². The number of nitrogens with zero attached hydrogens (tertiary/aromatic N) is 1. The number of nitrogens with two attached hydrogens (primary N) is 1. The zero-order valence-corrected chi connectivity index (χ0v) is 10.9. The van der Waals surface area contributed by atoms with E-state index in [1.807, 2.05) is 0 Å². The van der Waals surface area contributed by atoms with Gasteiger partial charge in [-0.2, -0.15) is 4.31 Å². The molecule has 7 heteroatoms. The maximum Gasteiger partial charge on any atom is 0.246 e. The summed E-state index contributed by atoms with van der Waals surface area (Å²) in [6, 6.07) is 4.48. The van der Waals surface area contributed by atoms with Gasteiger partial charge < -0.3 is 15.6 Å². The van der Waals surface area contributed by atoms with Crippen LogP contribution in [0.3, 0.4) is 0 Å². The maximum atomic E-state index is 12.4. The van der Waals surface area contributed by atoms with Crippen molar-refractivity contribution in [3.8, 4) is 5.75 Å². The predicted octanol–water partition coefficient (Wildman–Crippen LogP) is 0.0327. The molecule has 1 aliphatic heterocycles. The average Bonchev–Trinajstić information content (AvgIpc) is 2.76. The third kappa shape index (κ3) is 2.29. The third-order valence-electron chi connectivity index (χ3n) is 2.93. The summed E-state index contributed by atoms with van der Waals surface area (Å²) in [5.74, 6) is 0.255. The molecule has 0 saturated carbocycles. The third-order valence-corrected chi connectivity index (χ3v) is 4.82. The summed E-state index contributed by atoms with van der Waals surface area (Å²) < 4.78 is 31.1. The average molecular weight is 272 g/mol. The summed E-state index contributed by atoms with van der Waals surface area (Å²) in [6.45, 7) is 0.418. The molecule has 1 atom stereocenters. The van der Waals surface area contributed by atoms with Crippen molar-refractivity contribution < 1.29 is 18.3 Å². The Morgan fingerprint density at radius 3 is 2.78 bits per heavy atom. The van der Waals surface area contributed by atoms with Crippen LogP contribution in [-0.2, 0) is 10.0 Å². The topological polar surface area (TPSA) is 92.9 Å². The monoisotopic (exact) mass is 272 g/mol. The van der Waals surface area contributed by atoms with Gasteiger partial charge >= 0.3 is 0 Å². The molecule has 3 N–H and O–H groups in total. The molecule has 1 heterocycles. The molecule has 1 aromatic rings. The quantitative estimate of drug-likeness (QED) is 0.757. The van der Waals surface area contributed by atoms with Gasteiger partial charge in [0.25, 0.3) is 0 Å². The number of aliphatic hydroxyl groups is 1. The number of nitrogen functional groups attached to an aromatic ring is 1. The molecular formula is C11H16N2O4S. The second kappa shape index (κ2) is 4.75. The smallest absolute Gasteiger partial charge is 0.246 e. The molecule has 2 rings (SSSR count). The standard InChI is InChI=1S/C11H16N2O4S/c1-17-10-3-2-8(12)6-11(10)18(15,16)13-5-4-9(14)7-13/h2-3,6,9,14H,4-5,7,12H2,1H3/t9-/m1/s1. The van der Waals surface area contributed by atoms with Crippen molar-refractivity contribution in [3.05, 3.63) is 18.2 Å². The van der Waals surface area contributed by atoms with Crippen LogP contribution in [0.1, 0.15) is 6.42 Å². The van der Waals surface area contributed by atoms with E-state index in [1.54, 1.807) is 6.07 Å². The highest BCUT2D eigenvalue weighted by atomic mass is 32.2. The molecule has 1 aromatic carbocycles. The Morgan fingerprint density at radius 2 is 2.22 bits per heavy atom. The van der Waals surface area contributed by atoms with E-state index in [0.29, 0.717) is 18.7 Å². The van der Waals surface area contributed by atoms with E-state index in [9.17, 15) is 13.5 Å². The number of aliphatic hydroxyl groups excluding tert-OH is 1. The van der Waals surface area contributed by atoms with Crippen LogP contribution in [0.4, 0.5) is 5.69 Å². The Balaban J connectivity index is 2.43. The molecule has 0 radical (unpaired) electrons. The van der Waals surface area contributed by atoms with Crippen molar-refractivity contribution in [2.75, 3.05) is 25.9 Å². The Labute approximate surface area is 106 Å². The molecule has 0 amide bonds. The number of anilines is 1. The van der Waals surface area contributed by atoms with Crippen molar-refractivity contribution in [2.24, 2.45) is 0 Å². The lowest BCUT2D eigenvalue weighted by Gasteiger charge is -2.18. The summed E-state index contributed by atoms with van der Waals surface area (Å²) >= 11 is 0. The fourth-order valence-electron chi connectivity index (χ4n) is 1.96. The molecule has 6 nitrogen and oxygen atoms in total. The first-order chi connectivity index (χ1) is 8.45. The van der Waals surface area contributed by atoms with Crippen LogP contribution in [0.2, 0.25) is 0 Å². The molecule has 0 unspecified atom stereocenters. The highest BCUT2D eigenvalue weighted by Gasteiger charge is 2.33. The second-order valence-electron chi connectivity index (χ2n) is 4.22. The van der Waals surface area contributed by atoms with Crippen LogP contribution in [0.5, 0.6) is 5.75 Å². The molecule has 0 aromatic heterocycles. The lowest BCUT2D eigenvalue weighted by Crippen LogP contribution is -2.30. The van der Waals surface area contributed by atoms with Gasteiger partial charge in [0.15, 0.2) is 0 Å². The molecular weight excluding hydrogens is 256 g/mol. The van der Waals surface area contributed by atoms with Gasteiger partial charge in [0.05, 0.1) is 13.2 Å². The molecule has 1 fully saturated rings. The van der Waals surface area contributed by atoms with Gasteiger partial charge in [-0.25, -0.2) is 8.42 Å². The van der Waals surface area contributed by atoms with Gasteiger partial charge in [0.1, 0.15) is 10.6 Å². The van der Waals surface area contributed by atoms with Gasteiger partial charge in [-0.1, -0.05) is 0 Å². The van der Waals surface area contributed by atoms with Gasteiger partial charge in [0.2, 0.25) is 10.0 Å². The first-order valence-corrected chi connectivity index (χ1v) is 7.01.